The lowest BCUT2D eigenvalue weighted by Gasteiger charge is -1.87. The molecular formula is C6H9N3O. The highest BCUT2D eigenvalue weighted by molar-refractivity contribution is 5.53. The van der Waals surface area contributed by atoms with E-state index in [-0.39, 0.29) is 0 Å². The summed E-state index contributed by atoms with van der Waals surface area (Å²) >= 11 is 0. The van der Waals surface area contributed by atoms with Crippen LogP contribution in [0.2, 0.25) is 0 Å². The minimum absolute atomic E-state index is 0.345. The van der Waals surface area contributed by atoms with E-state index < -0.39 is 0 Å². The van der Waals surface area contributed by atoms with Crippen molar-refractivity contribution >= 4 is 5.57 Å². The number of ether oxygens (including phenoxy) is 1. The molecule has 0 saturated carbocycles. The first-order chi connectivity index (χ1) is 4.74. The van der Waals surface area contributed by atoms with Gasteiger partial charge in [-0.15, -0.1) is 5.10 Å². The molecule has 0 aromatic carbocycles. The normalized spacial score (nSPS) is 9.40. The van der Waals surface area contributed by atoms with E-state index in [2.05, 4.69) is 21.8 Å². The van der Waals surface area contributed by atoms with Crippen molar-refractivity contribution in [2.75, 3.05) is 7.11 Å². The van der Waals surface area contributed by atoms with Crippen LogP contribution in [0.15, 0.2) is 6.58 Å². The Morgan fingerprint density at radius 1 is 1.70 bits per heavy atom. The fraction of sp³-hybridized carbons (Fsp3) is 0.333. The Morgan fingerprint density at radius 3 is 2.70 bits per heavy atom. The summed E-state index contributed by atoms with van der Waals surface area (Å²) in [6, 6.07) is 0.345. The van der Waals surface area contributed by atoms with Crippen LogP contribution in [-0.2, 0) is 0 Å². The first-order valence-corrected chi connectivity index (χ1v) is 2.86. The zero-order valence-corrected chi connectivity index (χ0v) is 6.01. The SMILES string of the molecule is C=C(C)c1nc(OC)n[nH]1. The summed E-state index contributed by atoms with van der Waals surface area (Å²) in [6.07, 6.45) is 0. The van der Waals surface area contributed by atoms with Gasteiger partial charge in [-0.25, -0.2) is 0 Å². The standard InChI is InChI=1S/C6H9N3O/c1-4(2)5-7-6(10-3)9-8-5/h1H2,2-3H3,(H,7,8,9). The van der Waals surface area contributed by atoms with Gasteiger partial charge in [0, 0.05) is 0 Å². The Morgan fingerprint density at radius 2 is 2.40 bits per heavy atom. The van der Waals surface area contributed by atoms with Crippen molar-refractivity contribution < 1.29 is 4.74 Å². The molecule has 0 fully saturated rings. The zero-order valence-electron chi connectivity index (χ0n) is 6.01. The van der Waals surface area contributed by atoms with E-state index in [1.807, 2.05) is 6.92 Å². The Labute approximate surface area is 58.9 Å². The smallest absolute Gasteiger partial charge is 0.335 e. The van der Waals surface area contributed by atoms with Crippen LogP contribution < -0.4 is 4.74 Å². The number of rotatable bonds is 2. The number of hydrogen-bond donors (Lipinski definition) is 1. The number of aromatic amines is 1. The summed E-state index contributed by atoms with van der Waals surface area (Å²) in [6.45, 7) is 5.53. The van der Waals surface area contributed by atoms with Crippen molar-refractivity contribution in [3.05, 3.63) is 12.4 Å². The number of methoxy groups -OCH3 is 1. The molecule has 4 nitrogen and oxygen atoms in total. The van der Waals surface area contributed by atoms with Gasteiger partial charge in [-0.3, -0.25) is 5.10 Å². The fourth-order valence-electron chi connectivity index (χ4n) is 0.529. The average Bonchev–Trinajstić information content (AvgIpc) is 2.34. The molecule has 0 aliphatic carbocycles. The second kappa shape index (κ2) is 2.51. The van der Waals surface area contributed by atoms with Gasteiger partial charge in [0.25, 0.3) is 0 Å². The molecule has 0 unspecified atom stereocenters. The number of nitrogens with one attached hydrogen (secondary N) is 1. The fourth-order valence-corrected chi connectivity index (χ4v) is 0.529. The van der Waals surface area contributed by atoms with Gasteiger partial charge in [-0.2, -0.15) is 4.98 Å². The Hall–Kier alpha value is -1.32. The number of allylic oxidation sites excluding steroid dienone is 1. The van der Waals surface area contributed by atoms with Gasteiger partial charge in [-0.05, 0) is 12.5 Å². The summed E-state index contributed by atoms with van der Waals surface area (Å²) in [7, 11) is 1.52. The van der Waals surface area contributed by atoms with Crippen molar-refractivity contribution in [3.63, 3.8) is 0 Å². The molecule has 4 heteroatoms. The molecule has 0 bridgehead atoms. The molecule has 10 heavy (non-hydrogen) atoms. The van der Waals surface area contributed by atoms with Crippen molar-refractivity contribution in [2.24, 2.45) is 0 Å². The quantitative estimate of drug-likeness (QED) is 0.660. The van der Waals surface area contributed by atoms with Crippen LogP contribution in [0, 0.1) is 0 Å². The molecule has 1 aromatic heterocycles. The maximum Gasteiger partial charge on any atom is 0.335 e. The van der Waals surface area contributed by atoms with Crippen LogP contribution in [0.25, 0.3) is 5.57 Å². The highest BCUT2D eigenvalue weighted by Gasteiger charge is 2.00. The molecule has 0 aliphatic rings. The lowest BCUT2D eigenvalue weighted by atomic mass is 10.3. The van der Waals surface area contributed by atoms with E-state index in [0.29, 0.717) is 11.8 Å². The summed E-state index contributed by atoms with van der Waals surface area (Å²) in [4.78, 5) is 3.94. The second-order valence-corrected chi connectivity index (χ2v) is 1.95. The second-order valence-electron chi connectivity index (χ2n) is 1.95. The number of nitrogens with zero attached hydrogens (tertiary/aromatic N) is 2. The van der Waals surface area contributed by atoms with Crippen molar-refractivity contribution in [3.8, 4) is 6.01 Å². The van der Waals surface area contributed by atoms with E-state index in [4.69, 9.17) is 4.74 Å². The summed E-state index contributed by atoms with van der Waals surface area (Å²) in [5.41, 5.74) is 0.843. The van der Waals surface area contributed by atoms with Crippen LogP contribution in [0.3, 0.4) is 0 Å². The van der Waals surface area contributed by atoms with Crippen molar-refractivity contribution in [2.45, 2.75) is 6.92 Å². The Kier molecular flexibility index (Phi) is 1.71. The third-order valence-corrected chi connectivity index (χ3v) is 1.05. The monoisotopic (exact) mass is 139 g/mol. The van der Waals surface area contributed by atoms with E-state index >= 15 is 0 Å². The van der Waals surface area contributed by atoms with Gasteiger partial charge >= 0.3 is 6.01 Å². The third kappa shape index (κ3) is 1.15. The van der Waals surface area contributed by atoms with Crippen LogP contribution in [0.5, 0.6) is 6.01 Å². The molecule has 0 spiro atoms. The highest BCUT2D eigenvalue weighted by atomic mass is 16.5. The molecule has 54 valence electrons. The molecule has 1 rings (SSSR count). The molecule has 1 heterocycles. The van der Waals surface area contributed by atoms with Gasteiger partial charge in [-0.1, -0.05) is 6.58 Å². The first kappa shape index (κ1) is 6.80. The molecule has 1 aromatic rings. The average molecular weight is 139 g/mol. The third-order valence-electron chi connectivity index (χ3n) is 1.05. The Balaban J connectivity index is 2.88. The highest BCUT2D eigenvalue weighted by Crippen LogP contribution is 2.07. The Bertz CT molecular complexity index is 241. The predicted octanol–water partition coefficient (Wildman–Crippen LogP) is 0.846. The van der Waals surface area contributed by atoms with Crippen molar-refractivity contribution in [1.82, 2.24) is 15.2 Å². The van der Waals surface area contributed by atoms with Crippen LogP contribution in [0.1, 0.15) is 12.7 Å². The summed E-state index contributed by atoms with van der Waals surface area (Å²) in [5.74, 6) is 0.664. The minimum Gasteiger partial charge on any atom is -0.466 e. The minimum atomic E-state index is 0.345. The van der Waals surface area contributed by atoms with Gasteiger partial charge < -0.3 is 4.74 Å². The van der Waals surface area contributed by atoms with E-state index in [1.165, 1.54) is 7.11 Å². The van der Waals surface area contributed by atoms with E-state index in [9.17, 15) is 0 Å². The van der Waals surface area contributed by atoms with Crippen LogP contribution >= 0.6 is 0 Å². The summed E-state index contributed by atoms with van der Waals surface area (Å²) < 4.78 is 4.75. The molecule has 0 atom stereocenters. The topological polar surface area (TPSA) is 50.8 Å². The molecule has 0 aliphatic heterocycles. The van der Waals surface area contributed by atoms with Crippen LogP contribution in [0.4, 0.5) is 0 Å². The molecule has 0 saturated heterocycles. The lowest BCUT2D eigenvalue weighted by Crippen LogP contribution is -1.83. The number of H-pyrrole nitrogens is 1. The van der Waals surface area contributed by atoms with E-state index in [1.54, 1.807) is 0 Å². The first-order valence-electron chi connectivity index (χ1n) is 2.86. The maximum atomic E-state index is 4.75. The molecule has 0 radical (unpaired) electrons. The van der Waals surface area contributed by atoms with E-state index in [0.717, 1.165) is 5.57 Å². The van der Waals surface area contributed by atoms with Crippen LogP contribution in [-0.4, -0.2) is 22.3 Å². The van der Waals surface area contributed by atoms with Gasteiger partial charge in [0.15, 0.2) is 5.82 Å². The van der Waals surface area contributed by atoms with Crippen molar-refractivity contribution in [1.29, 1.82) is 0 Å². The van der Waals surface area contributed by atoms with Gasteiger partial charge in [0.05, 0.1) is 7.11 Å². The molecular weight excluding hydrogens is 130 g/mol. The van der Waals surface area contributed by atoms with Gasteiger partial charge in [0.2, 0.25) is 0 Å². The molecule has 0 amide bonds. The summed E-state index contributed by atoms with van der Waals surface area (Å²) in [5, 5.41) is 6.41. The molecule has 1 N–H and O–H groups in total. The maximum absolute atomic E-state index is 4.75. The predicted molar refractivity (Wildman–Crippen MR) is 37.6 cm³/mol. The number of hydrogen-bond acceptors (Lipinski definition) is 3. The largest absolute Gasteiger partial charge is 0.466 e. The lowest BCUT2D eigenvalue weighted by molar-refractivity contribution is 0.381. The zero-order chi connectivity index (χ0) is 7.56. The number of aromatic nitrogens is 3. The van der Waals surface area contributed by atoms with Gasteiger partial charge in [0.1, 0.15) is 0 Å².